The van der Waals surface area contributed by atoms with E-state index >= 15 is 0 Å². The summed E-state index contributed by atoms with van der Waals surface area (Å²) in [5.41, 5.74) is 4.43. The molecule has 3 rings (SSSR count). The molecule has 1 heterocycles. The SMILES string of the molecule is COc1cccc(/C=N/Nc2nnnn2-c2ccccc2)c1OC. The van der Waals surface area contributed by atoms with Crippen LogP contribution < -0.4 is 14.9 Å². The number of ether oxygens (including phenoxy) is 2. The Morgan fingerprint density at radius 2 is 1.88 bits per heavy atom. The molecule has 8 nitrogen and oxygen atoms in total. The normalized spacial score (nSPS) is 10.8. The molecule has 0 spiro atoms. The Hall–Kier alpha value is -3.42. The molecule has 3 aromatic rings. The number of nitrogens with one attached hydrogen (secondary N) is 1. The average Bonchev–Trinajstić information content (AvgIpc) is 3.10. The molecule has 24 heavy (non-hydrogen) atoms. The van der Waals surface area contributed by atoms with Crippen molar-refractivity contribution in [3.8, 4) is 17.2 Å². The second-order valence-electron chi connectivity index (χ2n) is 4.70. The smallest absolute Gasteiger partial charge is 0.268 e. The van der Waals surface area contributed by atoms with Gasteiger partial charge in [-0.25, -0.2) is 5.43 Å². The van der Waals surface area contributed by atoms with Crippen molar-refractivity contribution in [2.45, 2.75) is 0 Å². The molecule has 0 saturated heterocycles. The molecule has 0 radical (unpaired) electrons. The van der Waals surface area contributed by atoms with E-state index in [0.29, 0.717) is 17.4 Å². The van der Waals surface area contributed by atoms with Crippen molar-refractivity contribution in [1.29, 1.82) is 0 Å². The van der Waals surface area contributed by atoms with Gasteiger partial charge in [0.05, 0.1) is 26.1 Å². The Labute approximate surface area is 138 Å². The summed E-state index contributed by atoms with van der Waals surface area (Å²) in [5, 5.41) is 15.7. The zero-order valence-corrected chi connectivity index (χ0v) is 13.2. The second kappa shape index (κ2) is 7.23. The molecule has 0 aliphatic carbocycles. The van der Waals surface area contributed by atoms with Crippen molar-refractivity contribution in [1.82, 2.24) is 20.2 Å². The first-order valence-electron chi connectivity index (χ1n) is 7.17. The highest BCUT2D eigenvalue weighted by molar-refractivity contribution is 5.85. The number of aromatic nitrogens is 4. The quantitative estimate of drug-likeness (QED) is 0.552. The van der Waals surface area contributed by atoms with E-state index in [0.717, 1.165) is 11.3 Å². The van der Waals surface area contributed by atoms with Crippen molar-refractivity contribution < 1.29 is 9.47 Å². The summed E-state index contributed by atoms with van der Waals surface area (Å²) < 4.78 is 12.2. The first kappa shape index (κ1) is 15.5. The Morgan fingerprint density at radius 3 is 2.62 bits per heavy atom. The van der Waals surface area contributed by atoms with Crippen LogP contribution in [0.3, 0.4) is 0 Å². The lowest BCUT2D eigenvalue weighted by Gasteiger charge is -2.09. The van der Waals surface area contributed by atoms with Crippen molar-refractivity contribution in [2.24, 2.45) is 5.10 Å². The predicted octanol–water partition coefficient (Wildman–Crippen LogP) is 2.13. The van der Waals surface area contributed by atoms with Gasteiger partial charge in [0.1, 0.15) is 0 Å². The maximum Gasteiger partial charge on any atom is 0.268 e. The van der Waals surface area contributed by atoms with Crippen LogP contribution in [-0.4, -0.2) is 40.6 Å². The molecule has 0 unspecified atom stereocenters. The number of para-hydroxylation sites is 2. The lowest BCUT2D eigenvalue weighted by molar-refractivity contribution is 0.354. The predicted molar refractivity (Wildman–Crippen MR) is 89.9 cm³/mol. The zero-order valence-electron chi connectivity index (χ0n) is 13.2. The summed E-state index contributed by atoms with van der Waals surface area (Å²) in [6.45, 7) is 0. The molecular weight excluding hydrogens is 308 g/mol. The van der Waals surface area contributed by atoms with Gasteiger partial charge in [-0.2, -0.15) is 9.78 Å². The molecule has 8 heteroatoms. The van der Waals surface area contributed by atoms with Crippen LogP contribution in [0, 0.1) is 0 Å². The maximum atomic E-state index is 5.36. The Kier molecular flexibility index (Phi) is 4.66. The van der Waals surface area contributed by atoms with Gasteiger partial charge in [-0.15, -0.1) is 0 Å². The maximum absolute atomic E-state index is 5.36. The number of hydrogen-bond donors (Lipinski definition) is 1. The summed E-state index contributed by atoms with van der Waals surface area (Å²) in [7, 11) is 3.17. The molecule has 0 fully saturated rings. The molecule has 2 aromatic carbocycles. The lowest BCUT2D eigenvalue weighted by Crippen LogP contribution is -2.03. The van der Waals surface area contributed by atoms with Crippen LogP contribution in [-0.2, 0) is 0 Å². The highest BCUT2D eigenvalue weighted by Gasteiger charge is 2.08. The van der Waals surface area contributed by atoms with E-state index in [1.807, 2.05) is 48.5 Å². The number of hydrogen-bond acceptors (Lipinski definition) is 7. The summed E-state index contributed by atoms with van der Waals surface area (Å²) in [4.78, 5) is 0. The molecule has 1 aromatic heterocycles. The van der Waals surface area contributed by atoms with Gasteiger partial charge in [-0.3, -0.25) is 0 Å². The topological polar surface area (TPSA) is 86.5 Å². The highest BCUT2D eigenvalue weighted by atomic mass is 16.5. The minimum absolute atomic E-state index is 0.402. The molecule has 0 aliphatic rings. The van der Waals surface area contributed by atoms with Gasteiger partial charge in [0.2, 0.25) is 0 Å². The van der Waals surface area contributed by atoms with Gasteiger partial charge in [0, 0.05) is 5.56 Å². The lowest BCUT2D eigenvalue weighted by atomic mass is 10.2. The van der Waals surface area contributed by atoms with Crippen LogP contribution >= 0.6 is 0 Å². The Balaban J connectivity index is 1.80. The van der Waals surface area contributed by atoms with Crippen LogP contribution in [0.5, 0.6) is 11.5 Å². The zero-order chi connectivity index (χ0) is 16.8. The van der Waals surface area contributed by atoms with Gasteiger partial charge >= 0.3 is 0 Å². The van der Waals surface area contributed by atoms with Crippen molar-refractivity contribution in [2.75, 3.05) is 19.6 Å². The minimum Gasteiger partial charge on any atom is -0.493 e. The van der Waals surface area contributed by atoms with Gasteiger partial charge in [0.15, 0.2) is 11.5 Å². The van der Waals surface area contributed by atoms with E-state index in [1.165, 1.54) is 0 Å². The van der Waals surface area contributed by atoms with E-state index in [-0.39, 0.29) is 0 Å². The van der Waals surface area contributed by atoms with Crippen LogP contribution in [0.4, 0.5) is 5.95 Å². The molecule has 122 valence electrons. The molecule has 0 saturated carbocycles. The van der Waals surface area contributed by atoms with E-state index in [2.05, 4.69) is 26.1 Å². The van der Waals surface area contributed by atoms with Crippen molar-refractivity contribution in [3.05, 3.63) is 54.1 Å². The van der Waals surface area contributed by atoms with Gasteiger partial charge < -0.3 is 9.47 Å². The third-order valence-electron chi connectivity index (χ3n) is 3.27. The fourth-order valence-electron chi connectivity index (χ4n) is 2.17. The molecule has 0 amide bonds. The van der Waals surface area contributed by atoms with E-state index in [9.17, 15) is 0 Å². The van der Waals surface area contributed by atoms with Crippen LogP contribution in [0.1, 0.15) is 5.56 Å². The molecule has 0 atom stereocenters. The molecule has 0 aliphatic heterocycles. The van der Waals surface area contributed by atoms with E-state index in [4.69, 9.17) is 9.47 Å². The van der Waals surface area contributed by atoms with E-state index in [1.54, 1.807) is 25.1 Å². The number of nitrogens with zero attached hydrogens (tertiary/aromatic N) is 5. The largest absolute Gasteiger partial charge is 0.493 e. The molecule has 0 bridgehead atoms. The highest BCUT2D eigenvalue weighted by Crippen LogP contribution is 2.29. The first-order chi connectivity index (χ1) is 11.8. The van der Waals surface area contributed by atoms with Crippen LogP contribution in [0.2, 0.25) is 0 Å². The monoisotopic (exact) mass is 324 g/mol. The average molecular weight is 324 g/mol. The standard InChI is InChI=1S/C16H16N6O2/c1-23-14-10-6-7-12(15(14)24-2)11-17-18-16-19-20-21-22(16)13-8-4-3-5-9-13/h3-11H,1-2H3,(H,18,19,21)/b17-11+. The number of hydrazone groups is 1. The number of tetrazole rings is 1. The summed E-state index contributed by atoms with van der Waals surface area (Å²) in [6.07, 6.45) is 1.62. The van der Waals surface area contributed by atoms with Crippen LogP contribution in [0.25, 0.3) is 5.69 Å². The first-order valence-corrected chi connectivity index (χ1v) is 7.17. The molecule has 1 N–H and O–H groups in total. The number of anilines is 1. The number of methoxy groups -OCH3 is 2. The van der Waals surface area contributed by atoms with Crippen molar-refractivity contribution >= 4 is 12.2 Å². The van der Waals surface area contributed by atoms with E-state index < -0.39 is 0 Å². The molecular formula is C16H16N6O2. The fraction of sp³-hybridized carbons (Fsp3) is 0.125. The fourth-order valence-corrected chi connectivity index (χ4v) is 2.17. The number of benzene rings is 2. The summed E-state index contributed by atoms with van der Waals surface area (Å²) >= 11 is 0. The third kappa shape index (κ3) is 3.17. The minimum atomic E-state index is 0.402. The van der Waals surface area contributed by atoms with Gasteiger partial charge in [-0.1, -0.05) is 29.4 Å². The summed E-state index contributed by atoms with van der Waals surface area (Å²) in [6, 6.07) is 15.1. The second-order valence-corrected chi connectivity index (χ2v) is 4.70. The van der Waals surface area contributed by atoms with Crippen LogP contribution in [0.15, 0.2) is 53.6 Å². The third-order valence-corrected chi connectivity index (χ3v) is 3.27. The van der Waals surface area contributed by atoms with Crippen molar-refractivity contribution in [3.63, 3.8) is 0 Å². The van der Waals surface area contributed by atoms with Gasteiger partial charge in [0.25, 0.3) is 5.95 Å². The van der Waals surface area contributed by atoms with Gasteiger partial charge in [-0.05, 0) is 34.7 Å². The number of rotatable bonds is 6. The Bertz CT molecular complexity index is 832. The Morgan fingerprint density at radius 1 is 1.04 bits per heavy atom. The summed E-state index contributed by atoms with van der Waals surface area (Å²) in [5.74, 6) is 1.64.